The van der Waals surface area contributed by atoms with Gasteiger partial charge in [-0.25, -0.2) is 9.37 Å². The summed E-state index contributed by atoms with van der Waals surface area (Å²) < 4.78 is 17.4. The predicted molar refractivity (Wildman–Crippen MR) is 122 cm³/mol. The monoisotopic (exact) mass is 447 g/mol. The van der Waals surface area contributed by atoms with Gasteiger partial charge in [-0.1, -0.05) is 0 Å². The van der Waals surface area contributed by atoms with Crippen LogP contribution in [0.15, 0.2) is 42.9 Å². The highest BCUT2D eigenvalue weighted by Crippen LogP contribution is 2.35. The number of benzene rings is 1. The number of pyridine rings is 2. The van der Waals surface area contributed by atoms with Crippen molar-refractivity contribution < 1.29 is 13.9 Å². The number of nitrogens with two attached hydrogens (primary N) is 1. The molecule has 0 aliphatic carbocycles. The molecule has 0 radical (unpaired) electrons. The van der Waals surface area contributed by atoms with E-state index in [1.807, 2.05) is 6.07 Å². The number of nitrogens with one attached hydrogen (secondary N) is 1. The average molecular weight is 447 g/mol. The predicted octanol–water partition coefficient (Wildman–Crippen LogP) is 2.52. The van der Waals surface area contributed by atoms with Crippen LogP contribution in [-0.4, -0.2) is 39.2 Å². The maximum atomic E-state index is 15.1. The molecule has 3 aromatic heterocycles. The van der Waals surface area contributed by atoms with E-state index in [1.54, 1.807) is 41.8 Å². The highest BCUT2D eigenvalue weighted by molar-refractivity contribution is 5.98. The molecule has 4 aromatic rings. The number of hydrogen-bond donors (Lipinski definition) is 2. The molecule has 1 amide bonds. The van der Waals surface area contributed by atoms with Crippen molar-refractivity contribution >= 4 is 34.0 Å². The van der Waals surface area contributed by atoms with Crippen LogP contribution in [0.3, 0.4) is 0 Å². The van der Waals surface area contributed by atoms with Crippen molar-refractivity contribution in [3.8, 4) is 11.1 Å². The minimum atomic E-state index is -0.591. The largest absolute Gasteiger partial charge is 0.619 e. The third kappa shape index (κ3) is 3.69. The van der Waals surface area contributed by atoms with Crippen LogP contribution in [0.4, 0.5) is 21.7 Å². The number of nitrogen functional groups attached to an aromatic ring is 1. The molecule has 1 aliphatic rings. The van der Waals surface area contributed by atoms with E-state index in [0.29, 0.717) is 45.7 Å². The number of amides is 1. The zero-order chi connectivity index (χ0) is 23.3. The van der Waals surface area contributed by atoms with Crippen LogP contribution in [0.25, 0.3) is 21.9 Å². The van der Waals surface area contributed by atoms with Gasteiger partial charge in [0.05, 0.1) is 11.3 Å². The molecule has 0 saturated heterocycles. The Hall–Kier alpha value is -4.21. The van der Waals surface area contributed by atoms with E-state index < -0.39 is 5.82 Å². The molecule has 5 rings (SSSR count). The quantitative estimate of drug-likeness (QED) is 0.283. The highest BCUT2D eigenvalue weighted by Gasteiger charge is 2.20. The Morgan fingerprint density at radius 1 is 1.24 bits per heavy atom. The summed E-state index contributed by atoms with van der Waals surface area (Å²) in [6.07, 6.45) is 4.91. The van der Waals surface area contributed by atoms with Crippen molar-refractivity contribution in [1.82, 2.24) is 19.7 Å². The fraction of sp³-hybridized carbons (Fsp3) is 0.217. The number of carbonyl (C=O) groups excluding carboxylic acids is 1. The molecule has 0 atom stereocenters. The number of aryl methyl sites for hydroxylation is 1. The first kappa shape index (κ1) is 20.7. The van der Waals surface area contributed by atoms with Crippen molar-refractivity contribution in [3.05, 3.63) is 65.1 Å². The van der Waals surface area contributed by atoms with Crippen molar-refractivity contribution in [1.29, 1.82) is 0 Å². The van der Waals surface area contributed by atoms with Gasteiger partial charge in [0.15, 0.2) is 24.0 Å². The maximum Gasteiger partial charge on any atom is 0.244 e. The number of hydrogen-bond acceptors (Lipinski definition) is 6. The third-order valence-electron chi connectivity index (χ3n) is 5.98. The molecule has 3 N–H and O–H groups in total. The van der Waals surface area contributed by atoms with Crippen LogP contribution >= 0.6 is 0 Å². The second-order valence-electron chi connectivity index (χ2n) is 8.21. The SMILES string of the molecule is Cc1cc[n+]([O-])cc1-c1cc2cc(Nc3cc4n(n3)CC(=O)N(C)CC4)ncc2c(N)c1F. The highest BCUT2D eigenvalue weighted by atomic mass is 19.1. The number of rotatable bonds is 3. The lowest BCUT2D eigenvalue weighted by Gasteiger charge is -2.13. The van der Waals surface area contributed by atoms with E-state index >= 15 is 4.39 Å². The lowest BCUT2D eigenvalue weighted by molar-refractivity contribution is -0.604. The number of anilines is 3. The van der Waals surface area contributed by atoms with Gasteiger partial charge in [0.1, 0.15) is 12.4 Å². The Morgan fingerprint density at radius 2 is 2.06 bits per heavy atom. The molecule has 1 aliphatic heterocycles. The van der Waals surface area contributed by atoms with Gasteiger partial charge < -0.3 is 21.2 Å². The summed E-state index contributed by atoms with van der Waals surface area (Å²) in [5.74, 6) is 0.482. The molecule has 33 heavy (non-hydrogen) atoms. The fourth-order valence-corrected chi connectivity index (χ4v) is 4.03. The smallest absolute Gasteiger partial charge is 0.244 e. The minimum absolute atomic E-state index is 0.00728. The summed E-state index contributed by atoms with van der Waals surface area (Å²) in [6.45, 7) is 2.63. The van der Waals surface area contributed by atoms with Gasteiger partial charge in [0.2, 0.25) is 5.91 Å². The Bertz CT molecular complexity index is 1420. The molecular weight excluding hydrogens is 425 g/mol. The standard InChI is InChI=1S/C23H22FN7O2/c1-13-3-6-30(33)11-18(13)16-7-14-8-19(26-10-17(14)23(25)22(16)24)27-20-9-15-4-5-29(2)21(32)12-31(15)28-20/h3,6-11H,4-5,12,25H2,1-2H3,(H,26,27,28). The van der Waals surface area contributed by atoms with Crippen LogP contribution in [0.1, 0.15) is 11.3 Å². The number of carbonyl (C=O) groups is 1. The van der Waals surface area contributed by atoms with E-state index in [9.17, 15) is 10.0 Å². The van der Waals surface area contributed by atoms with E-state index in [0.717, 1.165) is 11.3 Å². The van der Waals surface area contributed by atoms with E-state index in [4.69, 9.17) is 5.73 Å². The van der Waals surface area contributed by atoms with E-state index in [2.05, 4.69) is 15.4 Å². The zero-order valence-electron chi connectivity index (χ0n) is 18.2. The lowest BCUT2D eigenvalue weighted by atomic mass is 9.98. The van der Waals surface area contributed by atoms with Gasteiger partial charge >= 0.3 is 0 Å². The molecule has 1 aromatic carbocycles. The first-order valence-electron chi connectivity index (χ1n) is 10.5. The van der Waals surface area contributed by atoms with Gasteiger partial charge in [0.25, 0.3) is 0 Å². The molecule has 0 fully saturated rings. The molecule has 168 valence electrons. The van der Waals surface area contributed by atoms with Crippen LogP contribution in [-0.2, 0) is 17.8 Å². The summed E-state index contributed by atoms with van der Waals surface area (Å²) in [6, 6.07) is 6.94. The summed E-state index contributed by atoms with van der Waals surface area (Å²) >= 11 is 0. The number of nitrogens with zero attached hydrogens (tertiary/aromatic N) is 5. The third-order valence-corrected chi connectivity index (χ3v) is 5.98. The second kappa shape index (κ2) is 7.73. The maximum absolute atomic E-state index is 15.1. The minimum Gasteiger partial charge on any atom is -0.619 e. The lowest BCUT2D eigenvalue weighted by Crippen LogP contribution is -2.29. The van der Waals surface area contributed by atoms with Crippen LogP contribution in [0.5, 0.6) is 0 Å². The normalized spacial score (nSPS) is 13.8. The topological polar surface area (TPSA) is 116 Å². The molecule has 0 unspecified atom stereocenters. The second-order valence-corrected chi connectivity index (χ2v) is 8.21. The first-order chi connectivity index (χ1) is 15.8. The summed E-state index contributed by atoms with van der Waals surface area (Å²) in [7, 11) is 1.78. The first-order valence-corrected chi connectivity index (χ1v) is 10.5. The van der Waals surface area contributed by atoms with Crippen molar-refractivity contribution in [2.45, 2.75) is 19.9 Å². The number of halogens is 1. The van der Waals surface area contributed by atoms with E-state index in [1.165, 1.54) is 18.6 Å². The van der Waals surface area contributed by atoms with Crippen molar-refractivity contribution in [2.75, 3.05) is 24.6 Å². The van der Waals surface area contributed by atoms with Gasteiger partial charge in [-0.2, -0.15) is 9.83 Å². The molecule has 0 saturated carbocycles. The Kier molecular flexibility index (Phi) is 4.85. The Labute approximate surface area is 188 Å². The number of aromatic nitrogens is 4. The molecule has 0 spiro atoms. The number of fused-ring (bicyclic) bond motifs is 2. The van der Waals surface area contributed by atoms with Gasteiger partial charge in [0, 0.05) is 55.0 Å². The molecule has 0 bridgehead atoms. The molecule has 9 nitrogen and oxygen atoms in total. The summed E-state index contributed by atoms with van der Waals surface area (Å²) in [4.78, 5) is 18.2. The zero-order valence-corrected chi connectivity index (χ0v) is 18.2. The van der Waals surface area contributed by atoms with Crippen LogP contribution < -0.4 is 15.8 Å². The summed E-state index contributed by atoms with van der Waals surface area (Å²) in [5.41, 5.74) is 8.48. The van der Waals surface area contributed by atoms with Crippen molar-refractivity contribution in [3.63, 3.8) is 0 Å². The fourth-order valence-electron chi connectivity index (χ4n) is 4.03. The van der Waals surface area contributed by atoms with Gasteiger partial charge in [-0.05, 0) is 30.0 Å². The van der Waals surface area contributed by atoms with Crippen LogP contribution in [0, 0.1) is 17.9 Å². The summed E-state index contributed by atoms with van der Waals surface area (Å²) in [5, 5.41) is 20.6. The molecule has 10 heteroatoms. The van der Waals surface area contributed by atoms with E-state index in [-0.39, 0.29) is 23.7 Å². The molecular formula is C23H22FN7O2. The molecule has 4 heterocycles. The van der Waals surface area contributed by atoms with Crippen molar-refractivity contribution in [2.24, 2.45) is 0 Å². The Morgan fingerprint density at radius 3 is 2.88 bits per heavy atom. The average Bonchev–Trinajstić information content (AvgIpc) is 3.11. The number of likely N-dealkylation sites (N-methyl/N-ethyl adjacent to an activating group) is 1. The Balaban J connectivity index is 1.52. The van der Waals surface area contributed by atoms with Gasteiger partial charge in [-0.15, -0.1) is 0 Å². The van der Waals surface area contributed by atoms with Crippen LogP contribution in [0.2, 0.25) is 0 Å². The van der Waals surface area contributed by atoms with Gasteiger partial charge in [-0.3, -0.25) is 9.48 Å².